The minimum atomic E-state index is -0.141. The van der Waals surface area contributed by atoms with Gasteiger partial charge in [-0.1, -0.05) is 27.7 Å². The molecule has 0 aliphatic heterocycles. The smallest absolute Gasteiger partial charge is 0.0128 e. The van der Waals surface area contributed by atoms with Gasteiger partial charge in [-0.15, -0.1) is 0 Å². The third kappa shape index (κ3) is 2.47. The first kappa shape index (κ1) is 13.9. The van der Waals surface area contributed by atoms with E-state index in [1.807, 2.05) is 0 Å². The Morgan fingerprint density at radius 2 is 1.00 bits per heavy atom. The molecule has 0 saturated carbocycles. The number of hydrogen-bond donors (Lipinski definition) is 3. The first-order valence-corrected chi connectivity index (χ1v) is 5.71. The van der Waals surface area contributed by atoms with Crippen molar-refractivity contribution in [2.45, 2.75) is 65.1 Å². The van der Waals surface area contributed by atoms with Crippen molar-refractivity contribution in [3.63, 3.8) is 0 Å². The summed E-state index contributed by atoms with van der Waals surface area (Å²) in [6, 6.07) is 0.271. The normalized spacial score (nSPS) is 22.5. The van der Waals surface area contributed by atoms with Gasteiger partial charge in [0.25, 0.3) is 0 Å². The van der Waals surface area contributed by atoms with Gasteiger partial charge in [0.1, 0.15) is 0 Å². The predicted molar refractivity (Wildman–Crippen MR) is 62.9 cm³/mol. The monoisotopic (exact) mass is 201 g/mol. The summed E-state index contributed by atoms with van der Waals surface area (Å²) in [4.78, 5) is 0. The molecule has 0 aliphatic rings. The largest absolute Gasteiger partial charge is 0.327 e. The quantitative estimate of drug-likeness (QED) is 0.604. The summed E-state index contributed by atoms with van der Waals surface area (Å²) < 4.78 is 0. The summed E-state index contributed by atoms with van der Waals surface area (Å²) in [5.41, 5.74) is 18.3. The van der Waals surface area contributed by atoms with Gasteiger partial charge in [0.2, 0.25) is 0 Å². The fourth-order valence-corrected chi connectivity index (χ4v) is 2.14. The highest BCUT2D eigenvalue weighted by Gasteiger charge is 2.40. The van der Waals surface area contributed by atoms with Crippen LogP contribution in [-0.2, 0) is 0 Å². The van der Waals surface area contributed by atoms with E-state index in [1.165, 1.54) is 0 Å². The molecule has 6 N–H and O–H groups in total. The predicted octanol–water partition coefficient (Wildman–Crippen LogP) is 1.20. The zero-order valence-corrected chi connectivity index (χ0v) is 10.1. The van der Waals surface area contributed by atoms with Crippen molar-refractivity contribution >= 4 is 0 Å². The lowest BCUT2D eigenvalue weighted by Gasteiger charge is -2.44. The van der Waals surface area contributed by atoms with Crippen LogP contribution in [-0.4, -0.2) is 18.1 Å². The van der Waals surface area contributed by atoms with Gasteiger partial charge < -0.3 is 17.2 Å². The Hall–Kier alpha value is -0.120. The van der Waals surface area contributed by atoms with Gasteiger partial charge in [0, 0.05) is 23.5 Å². The molecule has 0 saturated heterocycles. The van der Waals surface area contributed by atoms with E-state index in [4.69, 9.17) is 17.2 Å². The third-order valence-electron chi connectivity index (χ3n) is 3.72. The Kier molecular flexibility index (Phi) is 5.64. The van der Waals surface area contributed by atoms with Crippen LogP contribution in [0.5, 0.6) is 0 Å². The first-order chi connectivity index (χ1) is 6.44. The Morgan fingerprint density at radius 3 is 1.14 bits per heavy atom. The summed E-state index contributed by atoms with van der Waals surface area (Å²) >= 11 is 0. The summed E-state index contributed by atoms with van der Waals surface area (Å²) in [7, 11) is 0. The third-order valence-corrected chi connectivity index (χ3v) is 3.72. The van der Waals surface area contributed by atoms with Crippen LogP contribution in [0.3, 0.4) is 0 Å². The maximum absolute atomic E-state index is 6.14. The van der Waals surface area contributed by atoms with Crippen LogP contribution in [0.15, 0.2) is 0 Å². The Bertz CT molecular complexity index is 132. The molecule has 0 heterocycles. The SMILES string of the molecule is CCC(N)C(C)(C(N)CC)C(N)CC. The highest BCUT2D eigenvalue weighted by Crippen LogP contribution is 2.31. The van der Waals surface area contributed by atoms with Crippen molar-refractivity contribution < 1.29 is 0 Å². The number of rotatable bonds is 6. The van der Waals surface area contributed by atoms with Crippen LogP contribution in [0.1, 0.15) is 47.0 Å². The average Bonchev–Trinajstić information content (AvgIpc) is 2.24. The lowest BCUT2D eigenvalue weighted by atomic mass is 9.68. The molecule has 0 spiro atoms. The lowest BCUT2D eigenvalue weighted by Crippen LogP contribution is -2.60. The maximum atomic E-state index is 6.14. The zero-order valence-electron chi connectivity index (χ0n) is 10.1. The molecule has 3 unspecified atom stereocenters. The van der Waals surface area contributed by atoms with E-state index >= 15 is 0 Å². The summed E-state index contributed by atoms with van der Waals surface area (Å²) in [5, 5.41) is 0. The molecule has 3 atom stereocenters. The minimum Gasteiger partial charge on any atom is -0.327 e. The molecule has 0 fully saturated rings. The second-order valence-corrected chi connectivity index (χ2v) is 4.41. The van der Waals surface area contributed by atoms with Crippen LogP contribution in [0.4, 0.5) is 0 Å². The van der Waals surface area contributed by atoms with Crippen molar-refractivity contribution in [1.82, 2.24) is 0 Å². The molecule has 0 aliphatic carbocycles. The Balaban J connectivity index is 4.83. The summed E-state index contributed by atoms with van der Waals surface area (Å²) in [6.45, 7) is 8.40. The molecule has 3 nitrogen and oxygen atoms in total. The molecule has 86 valence electrons. The standard InChI is InChI=1S/C11H27N3/c1-5-8(12)11(4,9(13)6-2)10(14)7-3/h8-10H,5-7,12-14H2,1-4H3. The minimum absolute atomic E-state index is 0.0902. The second kappa shape index (κ2) is 5.69. The molecule has 0 radical (unpaired) electrons. The van der Waals surface area contributed by atoms with Gasteiger partial charge in [0.15, 0.2) is 0 Å². The van der Waals surface area contributed by atoms with Gasteiger partial charge >= 0.3 is 0 Å². The summed E-state index contributed by atoms with van der Waals surface area (Å²) in [5.74, 6) is 0. The van der Waals surface area contributed by atoms with E-state index in [1.54, 1.807) is 0 Å². The molecule has 0 rings (SSSR count). The van der Waals surface area contributed by atoms with Crippen molar-refractivity contribution in [2.24, 2.45) is 22.6 Å². The highest BCUT2D eigenvalue weighted by molar-refractivity contribution is 4.99. The van der Waals surface area contributed by atoms with E-state index in [9.17, 15) is 0 Å². The Labute approximate surface area is 88.4 Å². The van der Waals surface area contributed by atoms with Crippen LogP contribution in [0.25, 0.3) is 0 Å². The second-order valence-electron chi connectivity index (χ2n) is 4.41. The fourth-order valence-electron chi connectivity index (χ4n) is 2.14. The lowest BCUT2D eigenvalue weighted by molar-refractivity contribution is 0.141. The highest BCUT2D eigenvalue weighted by atomic mass is 14.8. The fraction of sp³-hybridized carbons (Fsp3) is 1.00. The molecule has 0 amide bonds. The van der Waals surface area contributed by atoms with Crippen LogP contribution >= 0.6 is 0 Å². The molecular formula is C11H27N3. The number of hydrogen-bond acceptors (Lipinski definition) is 3. The molecule has 0 bridgehead atoms. The van der Waals surface area contributed by atoms with E-state index in [2.05, 4.69) is 27.7 Å². The molecule has 3 heteroatoms. The van der Waals surface area contributed by atoms with Gasteiger partial charge in [-0.05, 0) is 19.3 Å². The van der Waals surface area contributed by atoms with Gasteiger partial charge in [-0.25, -0.2) is 0 Å². The molecule has 0 aromatic heterocycles. The van der Waals surface area contributed by atoms with E-state index < -0.39 is 0 Å². The van der Waals surface area contributed by atoms with Gasteiger partial charge in [0.05, 0.1) is 0 Å². The van der Waals surface area contributed by atoms with Crippen LogP contribution in [0, 0.1) is 5.41 Å². The van der Waals surface area contributed by atoms with Crippen molar-refractivity contribution in [1.29, 1.82) is 0 Å². The zero-order chi connectivity index (χ0) is 11.4. The summed E-state index contributed by atoms with van der Waals surface area (Å²) in [6.07, 6.45) is 2.79. The molecule has 14 heavy (non-hydrogen) atoms. The van der Waals surface area contributed by atoms with E-state index in [-0.39, 0.29) is 23.5 Å². The topological polar surface area (TPSA) is 78.1 Å². The Morgan fingerprint density at radius 1 is 0.786 bits per heavy atom. The van der Waals surface area contributed by atoms with Crippen molar-refractivity contribution in [2.75, 3.05) is 0 Å². The van der Waals surface area contributed by atoms with Crippen molar-refractivity contribution in [3.8, 4) is 0 Å². The average molecular weight is 201 g/mol. The molecule has 0 aromatic carbocycles. The van der Waals surface area contributed by atoms with E-state index in [0.29, 0.717) is 0 Å². The number of nitrogens with two attached hydrogens (primary N) is 3. The molecular weight excluding hydrogens is 174 g/mol. The first-order valence-electron chi connectivity index (χ1n) is 5.71. The maximum Gasteiger partial charge on any atom is 0.0128 e. The molecule has 0 aromatic rings. The van der Waals surface area contributed by atoms with Crippen LogP contribution < -0.4 is 17.2 Å². The van der Waals surface area contributed by atoms with Crippen molar-refractivity contribution in [3.05, 3.63) is 0 Å². The van der Waals surface area contributed by atoms with Crippen LogP contribution in [0.2, 0.25) is 0 Å². The van der Waals surface area contributed by atoms with Gasteiger partial charge in [-0.2, -0.15) is 0 Å². The van der Waals surface area contributed by atoms with E-state index in [0.717, 1.165) is 19.3 Å². The van der Waals surface area contributed by atoms with Gasteiger partial charge in [-0.3, -0.25) is 0 Å².